The van der Waals surface area contributed by atoms with Crippen LogP contribution >= 0.6 is 0 Å². The van der Waals surface area contributed by atoms with E-state index >= 15 is 0 Å². The van der Waals surface area contributed by atoms with Crippen molar-refractivity contribution in [1.82, 2.24) is 0 Å². The van der Waals surface area contributed by atoms with Crippen LogP contribution < -0.4 is 4.74 Å². The number of hydrogen-bond acceptors (Lipinski definition) is 3. The van der Waals surface area contributed by atoms with Gasteiger partial charge in [-0.15, -0.1) is 0 Å². The molecule has 3 heteroatoms. The van der Waals surface area contributed by atoms with Gasteiger partial charge in [-0.1, -0.05) is 36.4 Å². The Morgan fingerprint density at radius 1 is 1.10 bits per heavy atom. The smallest absolute Gasteiger partial charge is 0.222 e. The predicted molar refractivity (Wildman–Crippen MR) is 82.2 cm³/mol. The van der Waals surface area contributed by atoms with E-state index in [-0.39, 0.29) is 0 Å². The van der Waals surface area contributed by atoms with Crippen molar-refractivity contribution in [1.29, 1.82) is 5.26 Å². The number of para-hydroxylation sites is 1. The Kier molecular flexibility index (Phi) is 3.45. The summed E-state index contributed by atoms with van der Waals surface area (Å²) in [4.78, 5) is 4.81. The fourth-order valence-electron chi connectivity index (χ4n) is 2.61. The number of nitrogens with zero attached hydrogens (tertiary/aromatic N) is 2. The molecule has 0 radical (unpaired) electrons. The molecule has 3 nitrogen and oxygen atoms in total. The van der Waals surface area contributed by atoms with Crippen molar-refractivity contribution in [2.24, 2.45) is 4.99 Å². The third kappa shape index (κ3) is 2.53. The topological polar surface area (TPSA) is 45.4 Å². The molecule has 1 aliphatic rings. The SMILES string of the molecule is CC1(CCC#N)N=C(c2ccccc2)Oc2ccccc21. The van der Waals surface area contributed by atoms with E-state index in [0.717, 1.165) is 16.9 Å². The summed E-state index contributed by atoms with van der Waals surface area (Å²) in [5, 5.41) is 8.91. The Labute approximate surface area is 124 Å². The Bertz CT molecular complexity index is 715. The Morgan fingerprint density at radius 2 is 1.81 bits per heavy atom. The quantitative estimate of drug-likeness (QED) is 0.849. The zero-order valence-electron chi connectivity index (χ0n) is 11.9. The van der Waals surface area contributed by atoms with Crippen LogP contribution in [0.3, 0.4) is 0 Å². The minimum atomic E-state index is -0.421. The lowest BCUT2D eigenvalue weighted by Crippen LogP contribution is -2.29. The summed E-state index contributed by atoms with van der Waals surface area (Å²) in [6, 6.07) is 20.0. The van der Waals surface area contributed by atoms with Gasteiger partial charge >= 0.3 is 0 Å². The number of nitriles is 1. The molecule has 1 unspecified atom stereocenters. The molecule has 0 bridgehead atoms. The second kappa shape index (κ2) is 5.41. The molecule has 2 aromatic rings. The molecular weight excluding hydrogens is 260 g/mol. The van der Waals surface area contributed by atoms with E-state index in [1.807, 2.05) is 54.6 Å². The summed E-state index contributed by atoms with van der Waals surface area (Å²) in [5.74, 6) is 1.45. The molecule has 2 aromatic carbocycles. The van der Waals surface area contributed by atoms with Crippen LogP contribution in [-0.2, 0) is 5.54 Å². The van der Waals surface area contributed by atoms with Crippen LogP contribution in [0.15, 0.2) is 59.6 Å². The normalized spacial score (nSPS) is 19.9. The predicted octanol–water partition coefficient (Wildman–Crippen LogP) is 4.04. The third-order valence-corrected chi connectivity index (χ3v) is 3.77. The van der Waals surface area contributed by atoms with Gasteiger partial charge in [0.1, 0.15) is 5.75 Å². The largest absolute Gasteiger partial charge is 0.438 e. The van der Waals surface area contributed by atoms with Gasteiger partial charge in [-0.05, 0) is 31.5 Å². The number of benzene rings is 2. The summed E-state index contributed by atoms with van der Waals surface area (Å²) in [6.07, 6.45) is 1.15. The lowest BCUT2D eigenvalue weighted by Gasteiger charge is -2.32. The van der Waals surface area contributed by atoms with E-state index in [1.165, 1.54) is 0 Å². The first kappa shape index (κ1) is 13.4. The molecule has 1 aliphatic heterocycles. The van der Waals surface area contributed by atoms with E-state index in [4.69, 9.17) is 15.0 Å². The van der Waals surface area contributed by atoms with Crippen LogP contribution in [0.4, 0.5) is 0 Å². The van der Waals surface area contributed by atoms with Gasteiger partial charge < -0.3 is 4.74 Å². The van der Waals surface area contributed by atoms with Gasteiger partial charge in [0, 0.05) is 17.5 Å². The van der Waals surface area contributed by atoms with Gasteiger partial charge in [-0.2, -0.15) is 5.26 Å². The van der Waals surface area contributed by atoms with Crippen LogP contribution in [0.1, 0.15) is 30.9 Å². The molecule has 0 aliphatic carbocycles. The number of ether oxygens (including phenoxy) is 1. The maximum Gasteiger partial charge on any atom is 0.222 e. The number of aliphatic imine (C=N–C) groups is 1. The van der Waals surface area contributed by atoms with Crippen LogP contribution in [0.5, 0.6) is 5.75 Å². The zero-order chi connectivity index (χ0) is 14.7. The maximum atomic E-state index is 8.91. The average molecular weight is 276 g/mol. The van der Waals surface area contributed by atoms with Crippen molar-refractivity contribution in [3.63, 3.8) is 0 Å². The van der Waals surface area contributed by atoms with E-state index in [2.05, 4.69) is 13.0 Å². The Hall–Kier alpha value is -2.60. The second-order valence-corrected chi connectivity index (χ2v) is 5.31. The van der Waals surface area contributed by atoms with Gasteiger partial charge in [0.25, 0.3) is 0 Å². The van der Waals surface area contributed by atoms with Gasteiger partial charge in [0.15, 0.2) is 0 Å². The highest BCUT2D eigenvalue weighted by Gasteiger charge is 2.34. The lowest BCUT2D eigenvalue weighted by atomic mass is 9.86. The van der Waals surface area contributed by atoms with E-state index < -0.39 is 5.54 Å². The van der Waals surface area contributed by atoms with E-state index in [0.29, 0.717) is 18.7 Å². The first-order valence-electron chi connectivity index (χ1n) is 7.02. The Balaban J connectivity index is 2.08. The van der Waals surface area contributed by atoms with Crippen molar-refractivity contribution in [2.45, 2.75) is 25.3 Å². The summed E-state index contributed by atoms with van der Waals surface area (Å²) in [5.41, 5.74) is 1.57. The molecule has 3 rings (SSSR count). The zero-order valence-corrected chi connectivity index (χ0v) is 11.9. The fraction of sp³-hybridized carbons (Fsp3) is 0.222. The van der Waals surface area contributed by atoms with Crippen LogP contribution in [-0.4, -0.2) is 5.90 Å². The molecule has 0 fully saturated rings. The van der Waals surface area contributed by atoms with Gasteiger partial charge in [-0.25, -0.2) is 4.99 Å². The summed E-state index contributed by atoms with van der Waals surface area (Å²) < 4.78 is 5.96. The van der Waals surface area contributed by atoms with Crippen molar-refractivity contribution >= 4 is 5.90 Å². The van der Waals surface area contributed by atoms with Gasteiger partial charge in [0.05, 0.1) is 11.6 Å². The molecule has 21 heavy (non-hydrogen) atoms. The van der Waals surface area contributed by atoms with Crippen LogP contribution in [0.25, 0.3) is 0 Å². The molecular formula is C18H16N2O. The summed E-state index contributed by atoms with van der Waals surface area (Å²) in [6.45, 7) is 2.06. The molecule has 104 valence electrons. The first-order valence-corrected chi connectivity index (χ1v) is 7.02. The van der Waals surface area contributed by atoms with Crippen molar-refractivity contribution in [3.05, 3.63) is 65.7 Å². The average Bonchev–Trinajstić information content (AvgIpc) is 2.54. The Morgan fingerprint density at radius 3 is 2.57 bits per heavy atom. The minimum absolute atomic E-state index is 0.421. The molecule has 0 saturated carbocycles. The molecule has 1 atom stereocenters. The van der Waals surface area contributed by atoms with Crippen molar-refractivity contribution < 1.29 is 4.74 Å². The van der Waals surface area contributed by atoms with Crippen LogP contribution in [0, 0.1) is 11.3 Å². The molecule has 0 aromatic heterocycles. The highest BCUT2D eigenvalue weighted by molar-refractivity contribution is 5.97. The summed E-state index contributed by atoms with van der Waals surface area (Å²) >= 11 is 0. The number of fused-ring (bicyclic) bond motifs is 1. The number of hydrogen-bond donors (Lipinski definition) is 0. The van der Waals surface area contributed by atoms with Gasteiger partial charge in [-0.3, -0.25) is 0 Å². The monoisotopic (exact) mass is 276 g/mol. The summed E-state index contributed by atoms with van der Waals surface area (Å²) in [7, 11) is 0. The standard InChI is InChI=1S/C18H16N2O/c1-18(12-7-13-19)15-10-5-6-11-16(15)21-17(20-18)14-8-3-2-4-9-14/h2-6,8-11H,7,12H2,1H3. The molecule has 0 spiro atoms. The highest BCUT2D eigenvalue weighted by atomic mass is 16.5. The molecule has 0 N–H and O–H groups in total. The van der Waals surface area contributed by atoms with Crippen molar-refractivity contribution in [3.8, 4) is 11.8 Å². The second-order valence-electron chi connectivity index (χ2n) is 5.31. The minimum Gasteiger partial charge on any atom is -0.438 e. The molecule has 1 heterocycles. The third-order valence-electron chi connectivity index (χ3n) is 3.77. The fourth-order valence-corrected chi connectivity index (χ4v) is 2.61. The van der Waals surface area contributed by atoms with Gasteiger partial charge in [0.2, 0.25) is 5.90 Å². The number of rotatable bonds is 3. The molecule has 0 amide bonds. The first-order chi connectivity index (χ1) is 10.2. The van der Waals surface area contributed by atoms with E-state index in [9.17, 15) is 0 Å². The van der Waals surface area contributed by atoms with Crippen molar-refractivity contribution in [2.75, 3.05) is 0 Å². The molecule has 0 saturated heterocycles. The van der Waals surface area contributed by atoms with E-state index in [1.54, 1.807) is 0 Å². The lowest BCUT2D eigenvalue weighted by molar-refractivity contribution is 0.395. The van der Waals surface area contributed by atoms with Crippen LogP contribution in [0.2, 0.25) is 0 Å². The highest BCUT2D eigenvalue weighted by Crippen LogP contribution is 2.40. The maximum absolute atomic E-state index is 8.91.